The zero-order valence-corrected chi connectivity index (χ0v) is 11.4. The van der Waals surface area contributed by atoms with E-state index in [4.69, 9.17) is 0 Å². The second kappa shape index (κ2) is 6.58. The Labute approximate surface area is 104 Å². The summed E-state index contributed by atoms with van der Waals surface area (Å²) in [5.74, 6) is 8.24. The van der Waals surface area contributed by atoms with Crippen LogP contribution in [0.5, 0.6) is 0 Å². The second-order valence-corrected chi connectivity index (χ2v) is 6.34. The summed E-state index contributed by atoms with van der Waals surface area (Å²) in [7, 11) is 0.516. The smallest absolute Gasteiger partial charge is 0.337 e. The Morgan fingerprint density at radius 1 is 1.18 bits per heavy atom. The van der Waals surface area contributed by atoms with Gasteiger partial charge in [0.1, 0.15) is 8.80 Å². The Morgan fingerprint density at radius 2 is 1.82 bits per heavy atom. The maximum absolute atomic E-state index is 11.2. The highest BCUT2D eigenvalue weighted by molar-refractivity contribution is 6.64. The van der Waals surface area contributed by atoms with E-state index in [-0.39, 0.29) is 5.97 Å². The Kier molecular flexibility index (Phi) is 5.06. The van der Waals surface area contributed by atoms with Gasteiger partial charge in [-0.15, -0.1) is 5.54 Å². The molecule has 1 aromatic carbocycles. The van der Waals surface area contributed by atoms with Crippen molar-refractivity contribution < 1.29 is 9.53 Å². The first kappa shape index (κ1) is 13.1. The number of hydrogen-bond donors (Lipinski definition) is 0. The molecule has 1 rings (SSSR count). The molecule has 2 nitrogen and oxygen atoms in total. The second-order valence-electron chi connectivity index (χ2n) is 3.74. The molecular formula is C14H14O2Si. The summed E-state index contributed by atoms with van der Waals surface area (Å²) < 4.78 is 4.61. The minimum Gasteiger partial charge on any atom is -0.465 e. The third-order valence-corrected chi connectivity index (χ3v) is 2.66. The molecule has 0 aromatic heterocycles. The Balaban J connectivity index is 2.76. The molecule has 0 radical (unpaired) electrons. The van der Waals surface area contributed by atoms with Crippen LogP contribution in [0, 0.1) is 23.3 Å². The average molecular weight is 242 g/mol. The topological polar surface area (TPSA) is 26.3 Å². The fourth-order valence-electron chi connectivity index (χ4n) is 1.09. The molecule has 0 heterocycles. The van der Waals surface area contributed by atoms with Crippen LogP contribution in [0.2, 0.25) is 13.1 Å². The predicted octanol–water partition coefficient (Wildman–Crippen LogP) is 1.85. The summed E-state index contributed by atoms with van der Waals surface area (Å²) in [4.78, 5) is 11.2. The molecule has 0 bridgehead atoms. The van der Waals surface area contributed by atoms with Gasteiger partial charge in [-0.1, -0.05) is 19.0 Å². The maximum atomic E-state index is 11.2. The highest BCUT2D eigenvalue weighted by Gasteiger charge is 2.02. The summed E-state index contributed by atoms with van der Waals surface area (Å²) in [6.07, 6.45) is 0. The van der Waals surface area contributed by atoms with Gasteiger partial charge >= 0.3 is 5.97 Å². The number of esters is 1. The summed E-state index contributed by atoms with van der Waals surface area (Å²) in [5.41, 5.74) is 4.47. The van der Waals surface area contributed by atoms with Gasteiger partial charge in [0, 0.05) is 5.56 Å². The number of rotatable bonds is 1. The zero-order chi connectivity index (χ0) is 12.7. The molecular weight excluding hydrogens is 228 g/mol. The van der Waals surface area contributed by atoms with Gasteiger partial charge in [-0.05, 0) is 36.1 Å². The van der Waals surface area contributed by atoms with E-state index in [1.165, 1.54) is 7.11 Å². The standard InChI is InChI=1S/C14H14O2Si/c1-16-14(15)13-9-7-12(8-10-13)6-4-5-11-17(2)3/h7-10,17H,1-3H3. The Bertz CT molecular complexity index is 507. The van der Waals surface area contributed by atoms with Gasteiger partial charge in [-0.25, -0.2) is 4.79 Å². The first-order chi connectivity index (χ1) is 8.13. The van der Waals surface area contributed by atoms with Gasteiger partial charge in [-0.2, -0.15) is 0 Å². The first-order valence-corrected chi connectivity index (χ1v) is 8.22. The Morgan fingerprint density at radius 3 is 2.35 bits per heavy atom. The van der Waals surface area contributed by atoms with E-state index in [0.717, 1.165) is 5.56 Å². The van der Waals surface area contributed by atoms with Crippen LogP contribution in [0.15, 0.2) is 24.3 Å². The van der Waals surface area contributed by atoms with E-state index < -0.39 is 8.80 Å². The van der Waals surface area contributed by atoms with Gasteiger partial charge in [0.05, 0.1) is 12.7 Å². The lowest BCUT2D eigenvalue weighted by molar-refractivity contribution is 0.0601. The van der Waals surface area contributed by atoms with Gasteiger partial charge in [0.15, 0.2) is 0 Å². The lowest BCUT2D eigenvalue weighted by atomic mass is 10.1. The third kappa shape index (κ3) is 4.59. The van der Waals surface area contributed by atoms with Crippen molar-refractivity contribution in [3.05, 3.63) is 35.4 Å². The van der Waals surface area contributed by atoms with Crippen LogP contribution in [0.1, 0.15) is 15.9 Å². The van der Waals surface area contributed by atoms with Crippen LogP contribution in [0.3, 0.4) is 0 Å². The van der Waals surface area contributed by atoms with Gasteiger partial charge < -0.3 is 4.74 Å². The van der Waals surface area contributed by atoms with Crippen molar-refractivity contribution >= 4 is 14.8 Å². The molecule has 0 aliphatic rings. The van der Waals surface area contributed by atoms with Gasteiger partial charge in [0.25, 0.3) is 0 Å². The van der Waals surface area contributed by atoms with Crippen molar-refractivity contribution in [2.75, 3.05) is 7.11 Å². The van der Waals surface area contributed by atoms with Crippen molar-refractivity contribution in [2.45, 2.75) is 13.1 Å². The molecule has 0 amide bonds. The highest BCUT2D eigenvalue weighted by atomic mass is 28.3. The fraction of sp³-hybridized carbons (Fsp3) is 0.214. The molecule has 86 valence electrons. The summed E-state index contributed by atoms with van der Waals surface area (Å²) in [6, 6.07) is 6.96. The molecule has 1 aromatic rings. The van der Waals surface area contributed by atoms with Crippen LogP contribution in [0.25, 0.3) is 0 Å². The average Bonchev–Trinajstić information content (AvgIpc) is 2.34. The number of hydrogen-bond acceptors (Lipinski definition) is 2. The van der Waals surface area contributed by atoms with Crippen molar-refractivity contribution in [3.63, 3.8) is 0 Å². The molecule has 3 heteroatoms. The number of ether oxygens (including phenoxy) is 1. The largest absolute Gasteiger partial charge is 0.465 e. The molecule has 0 N–H and O–H groups in total. The molecule has 0 saturated carbocycles. The molecule has 0 aliphatic heterocycles. The fourth-order valence-corrected chi connectivity index (χ4v) is 1.45. The predicted molar refractivity (Wildman–Crippen MR) is 71.3 cm³/mol. The number of benzene rings is 1. The third-order valence-electron chi connectivity index (χ3n) is 1.94. The quantitative estimate of drug-likeness (QED) is 0.427. The van der Waals surface area contributed by atoms with Crippen LogP contribution >= 0.6 is 0 Å². The van der Waals surface area contributed by atoms with Crippen molar-refractivity contribution in [1.82, 2.24) is 0 Å². The molecule has 0 aliphatic carbocycles. The van der Waals surface area contributed by atoms with Gasteiger partial charge in [0.2, 0.25) is 0 Å². The maximum Gasteiger partial charge on any atom is 0.337 e. The van der Waals surface area contributed by atoms with Crippen molar-refractivity contribution in [1.29, 1.82) is 0 Å². The summed E-state index contributed by atoms with van der Waals surface area (Å²) in [6.45, 7) is 4.31. The monoisotopic (exact) mass is 242 g/mol. The van der Waals surface area contributed by atoms with Gasteiger partial charge in [-0.3, -0.25) is 0 Å². The summed E-state index contributed by atoms with van der Waals surface area (Å²) >= 11 is 0. The minimum atomic E-state index is -0.847. The van der Waals surface area contributed by atoms with E-state index in [2.05, 4.69) is 41.1 Å². The lowest BCUT2D eigenvalue weighted by Gasteiger charge is -1.97. The van der Waals surface area contributed by atoms with Crippen LogP contribution in [-0.4, -0.2) is 21.9 Å². The van der Waals surface area contributed by atoms with Crippen molar-refractivity contribution in [2.24, 2.45) is 0 Å². The van der Waals surface area contributed by atoms with E-state index in [1.807, 2.05) is 0 Å². The molecule has 0 unspecified atom stereocenters. The number of carbonyl (C=O) groups excluding carboxylic acids is 1. The van der Waals surface area contributed by atoms with Crippen molar-refractivity contribution in [3.8, 4) is 23.3 Å². The highest BCUT2D eigenvalue weighted by Crippen LogP contribution is 2.04. The molecule has 0 spiro atoms. The van der Waals surface area contributed by atoms with Crippen LogP contribution in [0.4, 0.5) is 0 Å². The van der Waals surface area contributed by atoms with E-state index in [1.54, 1.807) is 24.3 Å². The molecule has 0 saturated heterocycles. The van der Waals surface area contributed by atoms with E-state index in [0.29, 0.717) is 5.56 Å². The number of carbonyl (C=O) groups is 1. The summed E-state index contributed by atoms with van der Waals surface area (Å²) in [5, 5.41) is 0. The molecule has 0 fully saturated rings. The minimum absolute atomic E-state index is 0.338. The lowest BCUT2D eigenvalue weighted by Crippen LogP contribution is -2.00. The van der Waals surface area contributed by atoms with Crippen LogP contribution < -0.4 is 0 Å². The normalized spacial score (nSPS) is 8.71. The molecule has 17 heavy (non-hydrogen) atoms. The molecule has 0 atom stereocenters. The van der Waals surface area contributed by atoms with Crippen LogP contribution in [-0.2, 0) is 4.74 Å². The SMILES string of the molecule is COC(=O)c1ccc(C#CC#C[SiH](C)C)cc1. The first-order valence-electron chi connectivity index (χ1n) is 5.33. The van der Waals surface area contributed by atoms with E-state index >= 15 is 0 Å². The Hall–Kier alpha value is -1.97. The number of methoxy groups -OCH3 is 1. The zero-order valence-electron chi connectivity index (χ0n) is 10.2. The van der Waals surface area contributed by atoms with E-state index in [9.17, 15) is 4.79 Å².